The van der Waals surface area contributed by atoms with Crippen molar-refractivity contribution in [3.63, 3.8) is 0 Å². The Morgan fingerprint density at radius 2 is 1.78 bits per heavy atom. The van der Waals surface area contributed by atoms with Crippen LogP contribution < -0.4 is 0 Å². The number of aromatic nitrogens is 2. The number of aromatic amines is 1. The van der Waals surface area contributed by atoms with E-state index in [9.17, 15) is 13.2 Å². The zero-order chi connectivity index (χ0) is 19.8. The van der Waals surface area contributed by atoms with Gasteiger partial charge in [0, 0.05) is 31.7 Å². The molecule has 1 aliphatic heterocycles. The van der Waals surface area contributed by atoms with Crippen molar-refractivity contribution in [3.05, 3.63) is 46.3 Å². The maximum absolute atomic E-state index is 13.0. The first kappa shape index (κ1) is 19.6. The molecule has 2 heterocycles. The number of aryl methyl sites for hydroxylation is 4. The van der Waals surface area contributed by atoms with Crippen LogP contribution in [0.1, 0.15) is 39.3 Å². The second-order valence-electron chi connectivity index (χ2n) is 7.11. The maximum Gasteiger partial charge on any atom is 0.253 e. The summed E-state index contributed by atoms with van der Waals surface area (Å²) in [6.07, 6.45) is 0.603. The summed E-state index contributed by atoms with van der Waals surface area (Å²) in [6.45, 7) is 8.98. The lowest BCUT2D eigenvalue weighted by atomic mass is 10.1. The lowest BCUT2D eigenvalue weighted by Gasteiger charge is -2.22. The van der Waals surface area contributed by atoms with Crippen LogP contribution in [-0.4, -0.2) is 59.9 Å². The van der Waals surface area contributed by atoms with E-state index in [0.29, 0.717) is 43.0 Å². The second-order valence-corrected chi connectivity index (χ2v) is 8.99. The molecule has 8 heteroatoms. The summed E-state index contributed by atoms with van der Waals surface area (Å²) in [5.74, 6) is -0.0481. The minimum Gasteiger partial charge on any atom is -0.337 e. The SMILES string of the molecule is Cc1ccc(C(=O)N2CCCN(S(=O)(=O)c3c(C)n[nH]c3C)CC2)cc1C. The Balaban J connectivity index is 1.77. The molecule has 2 aromatic rings. The number of hydrogen-bond acceptors (Lipinski definition) is 4. The zero-order valence-corrected chi connectivity index (χ0v) is 17.1. The lowest BCUT2D eigenvalue weighted by Crippen LogP contribution is -2.37. The Morgan fingerprint density at radius 3 is 2.41 bits per heavy atom. The molecular weight excluding hydrogens is 364 g/mol. The number of amides is 1. The van der Waals surface area contributed by atoms with Gasteiger partial charge in [-0.1, -0.05) is 6.07 Å². The van der Waals surface area contributed by atoms with Crippen molar-refractivity contribution in [2.45, 2.75) is 39.0 Å². The van der Waals surface area contributed by atoms with Gasteiger partial charge in [0.1, 0.15) is 4.90 Å². The van der Waals surface area contributed by atoms with Gasteiger partial charge in [0.25, 0.3) is 5.91 Å². The average Bonchev–Trinajstić information content (AvgIpc) is 2.83. The fraction of sp³-hybridized carbons (Fsp3) is 0.474. The molecule has 27 heavy (non-hydrogen) atoms. The van der Waals surface area contributed by atoms with Crippen LogP contribution in [-0.2, 0) is 10.0 Å². The third-order valence-corrected chi connectivity index (χ3v) is 7.32. The van der Waals surface area contributed by atoms with Gasteiger partial charge in [0.15, 0.2) is 0 Å². The molecule has 7 nitrogen and oxygen atoms in total. The van der Waals surface area contributed by atoms with Gasteiger partial charge in [-0.15, -0.1) is 0 Å². The molecule has 1 amide bonds. The highest BCUT2D eigenvalue weighted by Crippen LogP contribution is 2.23. The van der Waals surface area contributed by atoms with Gasteiger partial charge in [-0.05, 0) is 57.4 Å². The smallest absolute Gasteiger partial charge is 0.253 e. The molecule has 3 rings (SSSR count). The molecular formula is C19H26N4O3S. The molecule has 0 unspecified atom stereocenters. The fourth-order valence-electron chi connectivity index (χ4n) is 3.44. The molecule has 1 fully saturated rings. The Hall–Kier alpha value is -2.19. The topological polar surface area (TPSA) is 86.4 Å². The van der Waals surface area contributed by atoms with Crippen molar-refractivity contribution in [1.29, 1.82) is 0 Å². The molecule has 1 saturated heterocycles. The maximum atomic E-state index is 13.0. The molecule has 0 atom stereocenters. The van der Waals surface area contributed by atoms with Crippen LogP contribution in [0, 0.1) is 27.7 Å². The molecule has 146 valence electrons. The zero-order valence-electron chi connectivity index (χ0n) is 16.2. The van der Waals surface area contributed by atoms with Crippen molar-refractivity contribution in [3.8, 4) is 0 Å². The molecule has 1 aromatic carbocycles. The Morgan fingerprint density at radius 1 is 1.04 bits per heavy atom. The molecule has 0 radical (unpaired) electrons. The van der Waals surface area contributed by atoms with Gasteiger partial charge in [-0.3, -0.25) is 9.89 Å². The summed E-state index contributed by atoms with van der Waals surface area (Å²) in [5.41, 5.74) is 3.88. The van der Waals surface area contributed by atoms with Gasteiger partial charge in [-0.2, -0.15) is 9.40 Å². The lowest BCUT2D eigenvalue weighted by molar-refractivity contribution is 0.0764. The number of rotatable bonds is 3. The highest BCUT2D eigenvalue weighted by molar-refractivity contribution is 7.89. The molecule has 0 bridgehead atoms. The first-order valence-corrected chi connectivity index (χ1v) is 10.5. The summed E-state index contributed by atoms with van der Waals surface area (Å²) >= 11 is 0. The third kappa shape index (κ3) is 3.77. The van der Waals surface area contributed by atoms with Crippen molar-refractivity contribution >= 4 is 15.9 Å². The van der Waals surface area contributed by atoms with E-state index in [2.05, 4.69) is 10.2 Å². The number of H-pyrrole nitrogens is 1. The highest BCUT2D eigenvalue weighted by atomic mass is 32.2. The van der Waals surface area contributed by atoms with E-state index in [4.69, 9.17) is 0 Å². The van der Waals surface area contributed by atoms with Gasteiger partial charge in [0.05, 0.1) is 11.4 Å². The molecule has 1 aliphatic rings. The van der Waals surface area contributed by atoms with Crippen molar-refractivity contribution in [2.24, 2.45) is 0 Å². The van der Waals surface area contributed by atoms with Crippen LogP contribution in [0.15, 0.2) is 23.1 Å². The van der Waals surface area contributed by atoms with E-state index in [1.54, 1.807) is 18.7 Å². The first-order valence-electron chi connectivity index (χ1n) is 9.10. The largest absolute Gasteiger partial charge is 0.337 e. The van der Waals surface area contributed by atoms with Gasteiger partial charge in [-0.25, -0.2) is 8.42 Å². The summed E-state index contributed by atoms with van der Waals surface area (Å²) in [7, 11) is -3.63. The molecule has 0 spiro atoms. The minimum atomic E-state index is -3.63. The molecule has 0 aliphatic carbocycles. The van der Waals surface area contributed by atoms with Crippen LogP contribution in [0.25, 0.3) is 0 Å². The molecule has 1 aromatic heterocycles. The summed E-state index contributed by atoms with van der Waals surface area (Å²) < 4.78 is 27.5. The van der Waals surface area contributed by atoms with Crippen LogP contribution in [0.2, 0.25) is 0 Å². The van der Waals surface area contributed by atoms with Gasteiger partial charge < -0.3 is 4.90 Å². The average molecular weight is 391 g/mol. The van der Waals surface area contributed by atoms with E-state index in [1.165, 1.54) is 4.31 Å². The van der Waals surface area contributed by atoms with E-state index < -0.39 is 10.0 Å². The predicted octanol–water partition coefficient (Wildman–Crippen LogP) is 2.18. The number of benzene rings is 1. The first-order chi connectivity index (χ1) is 12.7. The molecule has 0 saturated carbocycles. The normalized spacial score (nSPS) is 16.4. The summed E-state index contributed by atoms with van der Waals surface area (Å²) in [4.78, 5) is 14.8. The minimum absolute atomic E-state index is 0.0481. The number of carbonyl (C=O) groups excluding carboxylic acids is 1. The van der Waals surface area contributed by atoms with Crippen molar-refractivity contribution in [2.75, 3.05) is 26.2 Å². The number of hydrogen-bond donors (Lipinski definition) is 1. The van der Waals surface area contributed by atoms with Gasteiger partial charge in [0.2, 0.25) is 10.0 Å². The Labute approximate surface area is 160 Å². The Kier molecular flexibility index (Phi) is 5.39. The Bertz CT molecular complexity index is 946. The number of carbonyl (C=O) groups is 1. The predicted molar refractivity (Wildman–Crippen MR) is 103 cm³/mol. The highest BCUT2D eigenvalue weighted by Gasteiger charge is 2.32. The fourth-order valence-corrected chi connectivity index (χ4v) is 5.25. The van der Waals surface area contributed by atoms with E-state index in [1.807, 2.05) is 32.0 Å². The number of sulfonamides is 1. The quantitative estimate of drug-likeness (QED) is 0.870. The number of nitrogens with zero attached hydrogens (tertiary/aromatic N) is 3. The van der Waals surface area contributed by atoms with Crippen molar-refractivity contribution < 1.29 is 13.2 Å². The second kappa shape index (κ2) is 7.44. The monoisotopic (exact) mass is 390 g/mol. The van der Waals surface area contributed by atoms with E-state index in [-0.39, 0.29) is 17.3 Å². The summed E-state index contributed by atoms with van der Waals surface area (Å²) in [5, 5.41) is 6.74. The van der Waals surface area contributed by atoms with Gasteiger partial charge >= 0.3 is 0 Å². The van der Waals surface area contributed by atoms with Crippen molar-refractivity contribution in [1.82, 2.24) is 19.4 Å². The summed E-state index contributed by atoms with van der Waals surface area (Å²) in [6, 6.07) is 5.68. The van der Waals surface area contributed by atoms with Crippen LogP contribution in [0.3, 0.4) is 0 Å². The van der Waals surface area contributed by atoms with Crippen LogP contribution >= 0.6 is 0 Å². The van der Waals surface area contributed by atoms with E-state index >= 15 is 0 Å². The van der Waals surface area contributed by atoms with E-state index in [0.717, 1.165) is 11.1 Å². The van der Waals surface area contributed by atoms with Crippen LogP contribution in [0.4, 0.5) is 0 Å². The standard InChI is InChI=1S/C19H26N4O3S/c1-13-6-7-17(12-14(13)2)19(24)22-8-5-9-23(11-10-22)27(25,26)18-15(3)20-21-16(18)4/h6-7,12H,5,8-11H2,1-4H3,(H,20,21). The van der Waals surface area contributed by atoms with Crippen LogP contribution in [0.5, 0.6) is 0 Å². The molecule has 1 N–H and O–H groups in total. The number of nitrogens with one attached hydrogen (secondary N) is 1. The third-order valence-electron chi connectivity index (χ3n) is 5.15.